The minimum atomic E-state index is -0.735. The lowest BCUT2D eigenvalue weighted by molar-refractivity contribution is -0.138. The van der Waals surface area contributed by atoms with Crippen molar-refractivity contribution in [2.45, 2.75) is 84.3 Å². The topological polar surface area (TPSA) is 95.5 Å². The van der Waals surface area contributed by atoms with Crippen molar-refractivity contribution >= 4 is 40.4 Å². The van der Waals surface area contributed by atoms with Crippen molar-refractivity contribution in [2.75, 3.05) is 13.1 Å². The molecule has 2 aromatic heterocycles. The van der Waals surface area contributed by atoms with Crippen LogP contribution in [0, 0.1) is 5.92 Å². The molecule has 4 aromatic carbocycles. The van der Waals surface area contributed by atoms with Gasteiger partial charge in [-0.05, 0) is 59.1 Å². The quantitative estimate of drug-likeness (QED) is 0.0988. The first-order valence-corrected chi connectivity index (χ1v) is 22.6. The van der Waals surface area contributed by atoms with E-state index < -0.39 is 6.04 Å². The van der Waals surface area contributed by atoms with Gasteiger partial charge in [0.25, 0.3) is 0 Å². The molecule has 0 spiro atoms. The van der Waals surface area contributed by atoms with E-state index in [9.17, 15) is 14.4 Å². The SMILES string of the molecule is CCCN(Cc1ncc(-c2ccc(-c3ccc(-c4cnc(CN(CCC)C(=O)[C@@H](NC(=O)C5CCCCC5)c5ccccc5)s4)cc3)cc2)s1)C(=O)Cc1ccccc1. The van der Waals surface area contributed by atoms with E-state index >= 15 is 0 Å². The van der Waals surface area contributed by atoms with Crippen LogP contribution in [0.25, 0.3) is 32.0 Å². The predicted octanol–water partition coefficient (Wildman–Crippen LogP) is 10.8. The molecule has 0 bridgehead atoms. The smallest absolute Gasteiger partial charge is 0.250 e. The second-order valence-electron chi connectivity index (χ2n) is 15.3. The highest BCUT2D eigenvalue weighted by Gasteiger charge is 2.31. The fourth-order valence-electron chi connectivity index (χ4n) is 7.74. The maximum absolute atomic E-state index is 14.2. The average Bonchev–Trinajstić information content (AvgIpc) is 3.96. The highest BCUT2D eigenvalue weighted by atomic mass is 32.1. The fourth-order valence-corrected chi connectivity index (χ4v) is 9.61. The van der Waals surface area contributed by atoms with Crippen LogP contribution in [0.5, 0.6) is 0 Å². The van der Waals surface area contributed by atoms with Gasteiger partial charge in [0, 0.05) is 31.4 Å². The van der Waals surface area contributed by atoms with Crippen molar-refractivity contribution in [3.05, 3.63) is 143 Å². The number of carbonyl (C=O) groups is 3. The normalized spacial score (nSPS) is 13.5. The molecule has 10 heteroatoms. The Morgan fingerprint density at radius 2 is 1.14 bits per heavy atom. The third kappa shape index (κ3) is 11.0. The van der Waals surface area contributed by atoms with E-state index in [1.165, 1.54) is 6.42 Å². The Labute approximate surface area is 356 Å². The van der Waals surface area contributed by atoms with Crippen molar-refractivity contribution in [1.29, 1.82) is 0 Å². The molecule has 0 saturated heterocycles. The van der Waals surface area contributed by atoms with E-state index in [4.69, 9.17) is 9.97 Å². The zero-order chi connectivity index (χ0) is 41.0. The van der Waals surface area contributed by atoms with Gasteiger partial charge >= 0.3 is 0 Å². The summed E-state index contributed by atoms with van der Waals surface area (Å²) in [6.07, 6.45) is 10.9. The minimum Gasteiger partial charge on any atom is -0.340 e. The van der Waals surface area contributed by atoms with Crippen LogP contribution in [0.4, 0.5) is 0 Å². The monoisotopic (exact) mass is 823 g/mol. The lowest BCUT2D eigenvalue weighted by Crippen LogP contribution is -2.45. The molecular formula is C49H53N5O3S2. The van der Waals surface area contributed by atoms with Gasteiger partial charge in [-0.25, -0.2) is 9.97 Å². The molecule has 0 aliphatic heterocycles. The van der Waals surface area contributed by atoms with E-state index in [0.29, 0.717) is 32.6 Å². The van der Waals surface area contributed by atoms with Crippen LogP contribution in [0.1, 0.15) is 86.0 Å². The number of thiazole rings is 2. The number of aromatic nitrogens is 2. The number of carbonyl (C=O) groups excluding carboxylic acids is 3. The van der Waals surface area contributed by atoms with E-state index in [1.807, 2.05) is 82.9 Å². The number of rotatable bonds is 17. The molecule has 304 valence electrons. The summed E-state index contributed by atoms with van der Waals surface area (Å²) >= 11 is 3.23. The highest BCUT2D eigenvalue weighted by molar-refractivity contribution is 7.15. The summed E-state index contributed by atoms with van der Waals surface area (Å²) in [5.41, 5.74) is 6.23. The number of hydrogen-bond donors (Lipinski definition) is 1. The van der Waals surface area contributed by atoms with Crippen molar-refractivity contribution in [3.8, 4) is 32.0 Å². The van der Waals surface area contributed by atoms with Gasteiger partial charge in [-0.15, -0.1) is 22.7 Å². The van der Waals surface area contributed by atoms with Crippen LogP contribution >= 0.6 is 22.7 Å². The molecule has 0 radical (unpaired) electrons. The van der Waals surface area contributed by atoms with Crippen LogP contribution in [0.3, 0.4) is 0 Å². The summed E-state index contributed by atoms with van der Waals surface area (Å²) in [5.74, 6) is -0.0386. The minimum absolute atomic E-state index is 0.0208. The van der Waals surface area contributed by atoms with Crippen molar-refractivity contribution in [2.24, 2.45) is 5.92 Å². The summed E-state index contributed by atoms with van der Waals surface area (Å²) in [6, 6.07) is 35.8. The lowest BCUT2D eigenvalue weighted by atomic mass is 9.88. The van der Waals surface area contributed by atoms with Gasteiger partial charge in [0.15, 0.2) is 0 Å². The third-order valence-corrected chi connectivity index (χ3v) is 13.0. The molecular weight excluding hydrogens is 771 g/mol. The fraction of sp³-hybridized carbons (Fsp3) is 0.327. The highest BCUT2D eigenvalue weighted by Crippen LogP contribution is 2.33. The summed E-state index contributed by atoms with van der Waals surface area (Å²) < 4.78 is 0. The number of nitrogens with zero attached hydrogens (tertiary/aromatic N) is 4. The number of nitrogens with one attached hydrogen (secondary N) is 1. The Bertz CT molecular complexity index is 2270. The Hall–Kier alpha value is -5.45. The summed E-state index contributed by atoms with van der Waals surface area (Å²) in [7, 11) is 0. The first kappa shape index (κ1) is 41.7. The van der Waals surface area contributed by atoms with E-state index in [2.05, 4.69) is 67.7 Å². The van der Waals surface area contributed by atoms with Gasteiger partial charge in [-0.2, -0.15) is 0 Å². The molecule has 59 heavy (non-hydrogen) atoms. The average molecular weight is 824 g/mol. The van der Waals surface area contributed by atoms with Gasteiger partial charge < -0.3 is 15.1 Å². The maximum Gasteiger partial charge on any atom is 0.250 e. The number of amides is 3. The predicted molar refractivity (Wildman–Crippen MR) is 240 cm³/mol. The molecule has 1 atom stereocenters. The number of benzene rings is 4. The molecule has 1 saturated carbocycles. The van der Waals surface area contributed by atoms with E-state index in [1.54, 1.807) is 22.7 Å². The lowest BCUT2D eigenvalue weighted by Gasteiger charge is -2.29. The second-order valence-corrected chi connectivity index (χ2v) is 17.5. The number of hydrogen-bond acceptors (Lipinski definition) is 7. The van der Waals surface area contributed by atoms with Crippen LogP contribution in [-0.4, -0.2) is 50.6 Å². The zero-order valence-corrected chi connectivity index (χ0v) is 35.7. The molecule has 1 fully saturated rings. The Balaban J connectivity index is 0.980. The standard InChI is InChI=1S/C49H53N5O3S2/c1-3-28-53(46(55)30-35-14-8-5-9-15-35)33-44-50-31-42(58-44)38-24-20-36(21-25-38)37-22-26-39(27-23-37)43-32-51-45(59-43)34-54(29-4-2)49(57)47(40-16-10-6-11-17-40)52-48(56)41-18-12-7-13-19-41/h5-6,8-11,14-17,20-27,31-32,41,47H,3-4,7,12-13,18-19,28-30,33-34H2,1-2H3,(H,52,56)/t47-/m0/s1. The second kappa shape index (κ2) is 20.5. The van der Waals surface area contributed by atoms with E-state index in [-0.39, 0.29) is 23.6 Å². The van der Waals surface area contributed by atoms with Crippen LogP contribution in [0.2, 0.25) is 0 Å². The Morgan fingerprint density at radius 3 is 1.68 bits per heavy atom. The Morgan fingerprint density at radius 1 is 0.644 bits per heavy atom. The summed E-state index contributed by atoms with van der Waals surface area (Å²) in [4.78, 5) is 56.1. The van der Waals surface area contributed by atoms with Crippen molar-refractivity contribution in [1.82, 2.24) is 25.1 Å². The molecule has 0 unspecified atom stereocenters. The molecule has 2 heterocycles. The summed E-state index contributed by atoms with van der Waals surface area (Å²) in [6.45, 7) is 6.33. The maximum atomic E-state index is 14.2. The van der Waals surface area contributed by atoms with Crippen LogP contribution in [-0.2, 0) is 33.9 Å². The van der Waals surface area contributed by atoms with Crippen molar-refractivity contribution < 1.29 is 14.4 Å². The van der Waals surface area contributed by atoms with E-state index in [0.717, 1.165) is 91.7 Å². The molecule has 1 N–H and O–H groups in total. The van der Waals surface area contributed by atoms with Crippen LogP contribution in [0.15, 0.2) is 122 Å². The van der Waals surface area contributed by atoms with Crippen molar-refractivity contribution in [3.63, 3.8) is 0 Å². The first-order valence-electron chi connectivity index (χ1n) is 20.9. The van der Waals surface area contributed by atoms with Gasteiger partial charge in [0.2, 0.25) is 17.7 Å². The van der Waals surface area contributed by atoms with Gasteiger partial charge in [-0.3, -0.25) is 14.4 Å². The van der Waals surface area contributed by atoms with Crippen LogP contribution < -0.4 is 5.32 Å². The zero-order valence-electron chi connectivity index (χ0n) is 34.0. The molecule has 1 aliphatic carbocycles. The largest absolute Gasteiger partial charge is 0.340 e. The molecule has 6 aromatic rings. The van der Waals surface area contributed by atoms with Gasteiger partial charge in [0.1, 0.15) is 16.1 Å². The Kier molecular flexibility index (Phi) is 14.5. The third-order valence-electron chi connectivity index (χ3n) is 10.9. The molecule has 7 rings (SSSR count). The molecule has 3 amide bonds. The van der Waals surface area contributed by atoms with Gasteiger partial charge in [0.05, 0.1) is 29.3 Å². The molecule has 8 nitrogen and oxygen atoms in total. The molecule has 1 aliphatic rings. The van der Waals surface area contributed by atoms with Gasteiger partial charge in [-0.1, -0.05) is 142 Å². The first-order chi connectivity index (χ1) is 28.9. The summed E-state index contributed by atoms with van der Waals surface area (Å²) in [5, 5.41) is 4.93.